The molecule has 3 rings (SSSR count). The molecule has 0 bridgehead atoms. The van der Waals surface area contributed by atoms with Crippen molar-refractivity contribution in [2.45, 2.75) is 89.9 Å². The highest BCUT2D eigenvalue weighted by atomic mass is 16.1. The highest BCUT2D eigenvalue weighted by Gasteiger charge is 2.29. The molecule has 0 N–H and O–H groups in total. The van der Waals surface area contributed by atoms with E-state index in [0.29, 0.717) is 18.3 Å². The minimum atomic E-state index is 0.0931. The van der Waals surface area contributed by atoms with E-state index < -0.39 is 0 Å². The number of hydrogen-bond acceptors (Lipinski definition) is 2. The molecule has 150 valence electrons. The first kappa shape index (κ1) is 20.8. The number of hydrogen-bond donors (Lipinski definition) is 0. The molecule has 1 aromatic rings. The summed E-state index contributed by atoms with van der Waals surface area (Å²) >= 11 is 0. The number of benzene rings is 1. The highest BCUT2D eigenvalue weighted by Crippen LogP contribution is 2.41. The normalized spacial score (nSPS) is 25.2. The summed E-state index contributed by atoms with van der Waals surface area (Å²) in [6.07, 6.45) is 15.2. The number of allylic oxidation sites excluding steroid dienone is 2. The van der Waals surface area contributed by atoms with Crippen LogP contribution in [0.3, 0.4) is 0 Å². The Hall–Kier alpha value is -1.88. The van der Waals surface area contributed by atoms with Gasteiger partial charge < -0.3 is 0 Å². The molecule has 2 aliphatic carbocycles. The Bertz CT molecular complexity index is 701. The summed E-state index contributed by atoms with van der Waals surface area (Å²) in [5.74, 6) is 1.66. The van der Waals surface area contributed by atoms with E-state index >= 15 is 0 Å². The molecule has 0 aliphatic heterocycles. The van der Waals surface area contributed by atoms with Gasteiger partial charge in [-0.25, -0.2) is 0 Å². The van der Waals surface area contributed by atoms with Crippen molar-refractivity contribution in [1.82, 2.24) is 0 Å². The zero-order valence-corrected chi connectivity index (χ0v) is 17.5. The second kappa shape index (κ2) is 10.6. The Kier molecular flexibility index (Phi) is 7.90. The quantitative estimate of drug-likeness (QED) is 0.462. The molecule has 0 saturated heterocycles. The van der Waals surface area contributed by atoms with Crippen LogP contribution in [0.5, 0.6) is 0 Å². The fourth-order valence-electron chi connectivity index (χ4n) is 5.04. The van der Waals surface area contributed by atoms with Crippen LogP contribution in [0.2, 0.25) is 0 Å². The number of aryl methyl sites for hydroxylation is 1. The number of carbonyl (C=O) groups is 1. The lowest BCUT2D eigenvalue weighted by molar-refractivity contribution is -0.119. The minimum Gasteiger partial charge on any atom is -0.295 e. The fraction of sp³-hybridized carbons (Fsp3) is 0.615. The molecule has 2 heteroatoms. The average Bonchev–Trinajstić information content (AvgIpc) is 2.74. The number of nitriles is 1. The number of unbranched alkanes of at least 4 members (excludes halogenated alkanes) is 2. The lowest BCUT2D eigenvalue weighted by Crippen LogP contribution is -2.22. The van der Waals surface area contributed by atoms with Crippen LogP contribution >= 0.6 is 0 Å². The van der Waals surface area contributed by atoms with E-state index in [-0.39, 0.29) is 11.7 Å². The van der Waals surface area contributed by atoms with Gasteiger partial charge in [0.15, 0.2) is 5.78 Å². The predicted molar refractivity (Wildman–Crippen MR) is 115 cm³/mol. The van der Waals surface area contributed by atoms with Gasteiger partial charge in [0.05, 0.1) is 6.07 Å². The molecule has 0 aromatic heterocycles. The van der Waals surface area contributed by atoms with Crippen LogP contribution in [0.4, 0.5) is 0 Å². The van der Waals surface area contributed by atoms with Crippen molar-refractivity contribution >= 4 is 5.78 Å². The Labute approximate surface area is 171 Å². The van der Waals surface area contributed by atoms with Gasteiger partial charge in [0, 0.05) is 12.3 Å². The van der Waals surface area contributed by atoms with Gasteiger partial charge in [-0.3, -0.25) is 4.79 Å². The Morgan fingerprint density at radius 1 is 1.00 bits per heavy atom. The molecule has 0 amide bonds. The lowest BCUT2D eigenvalue weighted by atomic mass is 9.72. The summed E-state index contributed by atoms with van der Waals surface area (Å²) < 4.78 is 0. The first-order valence-electron chi connectivity index (χ1n) is 11.4. The Morgan fingerprint density at radius 3 is 2.36 bits per heavy atom. The van der Waals surface area contributed by atoms with Crippen molar-refractivity contribution in [3.8, 4) is 6.07 Å². The first-order valence-corrected chi connectivity index (χ1v) is 11.4. The molecular formula is C26H35NO. The van der Waals surface area contributed by atoms with Gasteiger partial charge in [-0.1, -0.05) is 49.6 Å². The maximum absolute atomic E-state index is 12.4. The summed E-state index contributed by atoms with van der Waals surface area (Å²) in [6, 6.07) is 11.6. The molecule has 0 spiro atoms. The molecule has 1 fully saturated rings. The van der Waals surface area contributed by atoms with E-state index in [9.17, 15) is 4.79 Å². The average molecular weight is 378 g/mol. The summed E-state index contributed by atoms with van der Waals surface area (Å²) in [6.45, 7) is 2.26. The summed E-state index contributed by atoms with van der Waals surface area (Å²) in [7, 11) is 0. The van der Waals surface area contributed by atoms with Crippen molar-refractivity contribution in [1.29, 1.82) is 5.26 Å². The first-order chi connectivity index (χ1) is 13.7. The van der Waals surface area contributed by atoms with Gasteiger partial charge in [-0.2, -0.15) is 5.26 Å². The zero-order chi connectivity index (χ0) is 19.8. The Balaban J connectivity index is 1.49. The third kappa shape index (κ3) is 5.57. The fourth-order valence-corrected chi connectivity index (χ4v) is 5.04. The van der Waals surface area contributed by atoms with E-state index in [1.165, 1.54) is 68.1 Å². The molecular weight excluding hydrogens is 342 g/mol. The van der Waals surface area contributed by atoms with Crippen LogP contribution in [0.15, 0.2) is 35.9 Å². The second-order valence-corrected chi connectivity index (χ2v) is 8.80. The van der Waals surface area contributed by atoms with Crippen LogP contribution < -0.4 is 0 Å². The molecule has 0 heterocycles. The summed E-state index contributed by atoms with van der Waals surface area (Å²) in [5, 5.41) is 8.74. The van der Waals surface area contributed by atoms with E-state index in [0.717, 1.165) is 19.3 Å². The number of rotatable bonds is 8. The SMILES string of the molecule is CCCCCc1ccc(C2CCC(C3=CC(=O)C(CCC#N)CC3)CC2)cc1. The van der Waals surface area contributed by atoms with Gasteiger partial charge in [0.2, 0.25) is 0 Å². The molecule has 0 radical (unpaired) electrons. The van der Waals surface area contributed by atoms with Crippen LogP contribution in [0.25, 0.3) is 0 Å². The molecule has 1 atom stereocenters. The monoisotopic (exact) mass is 377 g/mol. The second-order valence-electron chi connectivity index (χ2n) is 8.80. The molecule has 1 unspecified atom stereocenters. The van der Waals surface area contributed by atoms with Crippen molar-refractivity contribution in [2.24, 2.45) is 11.8 Å². The summed E-state index contributed by atoms with van der Waals surface area (Å²) in [4.78, 5) is 12.4. The number of nitrogens with zero attached hydrogens (tertiary/aromatic N) is 1. The van der Waals surface area contributed by atoms with Gasteiger partial charge in [-0.05, 0) is 86.8 Å². The molecule has 2 aliphatic rings. The molecule has 1 saturated carbocycles. The van der Waals surface area contributed by atoms with E-state index in [1.807, 2.05) is 6.08 Å². The van der Waals surface area contributed by atoms with Crippen molar-refractivity contribution in [3.05, 3.63) is 47.0 Å². The van der Waals surface area contributed by atoms with Gasteiger partial charge in [0.25, 0.3) is 0 Å². The van der Waals surface area contributed by atoms with E-state index in [2.05, 4.69) is 37.3 Å². The smallest absolute Gasteiger partial charge is 0.158 e. The standard InChI is InChI=1S/C26H35NO/c1-2-3-4-6-20-8-10-21(11-9-20)22-12-14-23(15-13-22)25-17-16-24(7-5-18-27)26(28)19-25/h8-11,19,22-24H,2-7,12-17H2,1H3. The van der Waals surface area contributed by atoms with Gasteiger partial charge in [-0.15, -0.1) is 0 Å². The summed E-state index contributed by atoms with van der Waals surface area (Å²) in [5.41, 5.74) is 4.37. The largest absolute Gasteiger partial charge is 0.295 e. The van der Waals surface area contributed by atoms with E-state index in [1.54, 1.807) is 0 Å². The zero-order valence-electron chi connectivity index (χ0n) is 17.5. The van der Waals surface area contributed by atoms with Crippen molar-refractivity contribution in [2.75, 3.05) is 0 Å². The highest BCUT2D eigenvalue weighted by molar-refractivity contribution is 5.93. The lowest BCUT2D eigenvalue weighted by Gasteiger charge is -2.32. The maximum atomic E-state index is 12.4. The third-order valence-corrected chi connectivity index (χ3v) is 6.89. The minimum absolute atomic E-state index is 0.0931. The predicted octanol–water partition coefficient (Wildman–Crippen LogP) is 6.90. The van der Waals surface area contributed by atoms with E-state index in [4.69, 9.17) is 5.26 Å². The van der Waals surface area contributed by atoms with Crippen LogP contribution in [0.1, 0.15) is 94.6 Å². The van der Waals surface area contributed by atoms with Crippen LogP contribution in [-0.2, 0) is 11.2 Å². The van der Waals surface area contributed by atoms with Crippen LogP contribution in [-0.4, -0.2) is 5.78 Å². The topological polar surface area (TPSA) is 40.9 Å². The van der Waals surface area contributed by atoms with Crippen molar-refractivity contribution in [3.63, 3.8) is 0 Å². The maximum Gasteiger partial charge on any atom is 0.158 e. The Morgan fingerprint density at radius 2 is 1.71 bits per heavy atom. The molecule has 2 nitrogen and oxygen atoms in total. The third-order valence-electron chi connectivity index (χ3n) is 6.89. The number of carbonyl (C=O) groups excluding carboxylic acids is 1. The van der Waals surface area contributed by atoms with Crippen molar-refractivity contribution < 1.29 is 4.79 Å². The van der Waals surface area contributed by atoms with Gasteiger partial charge in [0.1, 0.15) is 0 Å². The van der Waals surface area contributed by atoms with Crippen LogP contribution in [0, 0.1) is 23.2 Å². The molecule has 1 aromatic carbocycles. The molecule has 28 heavy (non-hydrogen) atoms. The number of ketones is 1. The van der Waals surface area contributed by atoms with Gasteiger partial charge >= 0.3 is 0 Å².